The van der Waals surface area contributed by atoms with E-state index < -0.39 is 0 Å². The second-order valence-corrected chi connectivity index (χ2v) is 5.75. The first kappa shape index (κ1) is 15.1. The number of benzene rings is 1. The monoisotopic (exact) mass is 273 g/mol. The van der Waals surface area contributed by atoms with Crippen LogP contribution in [0, 0.1) is 0 Å². The summed E-state index contributed by atoms with van der Waals surface area (Å²) in [4.78, 5) is 0. The molecule has 0 aliphatic carbocycles. The van der Waals surface area contributed by atoms with E-state index in [1.165, 1.54) is 62.4 Å². The van der Waals surface area contributed by atoms with Gasteiger partial charge in [0.15, 0.2) is 5.58 Å². The fourth-order valence-corrected chi connectivity index (χ4v) is 2.89. The molecule has 0 bridgehead atoms. The van der Waals surface area contributed by atoms with Crippen LogP contribution in [0.5, 0.6) is 0 Å². The van der Waals surface area contributed by atoms with Crippen molar-refractivity contribution in [3.63, 3.8) is 0 Å². The van der Waals surface area contributed by atoms with Crippen molar-refractivity contribution in [2.45, 2.75) is 71.1 Å². The minimum absolute atomic E-state index is 0.565. The Morgan fingerprint density at radius 3 is 2.50 bits per heavy atom. The van der Waals surface area contributed by atoms with E-state index in [1.54, 1.807) is 0 Å². The molecule has 0 N–H and O–H groups in total. The minimum Gasteiger partial charge on any atom is -0.356 e. The van der Waals surface area contributed by atoms with Gasteiger partial charge in [0, 0.05) is 11.3 Å². The number of hydrogen-bond donors (Lipinski definition) is 0. The predicted molar refractivity (Wildman–Crippen MR) is 85.0 cm³/mol. The molecule has 0 spiro atoms. The Morgan fingerprint density at radius 1 is 0.950 bits per heavy atom. The van der Waals surface area contributed by atoms with Crippen LogP contribution in [0.3, 0.4) is 0 Å². The largest absolute Gasteiger partial charge is 0.356 e. The zero-order chi connectivity index (χ0) is 14.2. The number of nitrogens with zero attached hydrogens (tertiary/aromatic N) is 1. The molecule has 1 atom stereocenters. The van der Waals surface area contributed by atoms with Crippen LogP contribution >= 0.6 is 0 Å². The molecule has 0 saturated carbocycles. The van der Waals surface area contributed by atoms with Crippen LogP contribution in [0.25, 0.3) is 11.0 Å². The van der Waals surface area contributed by atoms with Gasteiger partial charge in [0.2, 0.25) is 0 Å². The molecule has 0 amide bonds. The molecule has 20 heavy (non-hydrogen) atoms. The second kappa shape index (κ2) is 8.08. The third kappa shape index (κ3) is 3.84. The molecule has 0 radical (unpaired) electrons. The van der Waals surface area contributed by atoms with E-state index in [1.807, 2.05) is 12.1 Å². The SMILES string of the molecule is CCCCCCC(CCCC)c1noc2ccccc12. The summed E-state index contributed by atoms with van der Waals surface area (Å²) in [6.07, 6.45) is 10.3. The van der Waals surface area contributed by atoms with E-state index in [4.69, 9.17) is 4.52 Å². The first-order valence-electron chi connectivity index (χ1n) is 8.21. The van der Waals surface area contributed by atoms with Crippen LogP contribution in [0.2, 0.25) is 0 Å². The maximum atomic E-state index is 5.49. The van der Waals surface area contributed by atoms with E-state index in [0.29, 0.717) is 5.92 Å². The molecule has 0 aliphatic heterocycles. The highest BCUT2D eigenvalue weighted by molar-refractivity contribution is 5.79. The minimum atomic E-state index is 0.565. The Bertz CT molecular complexity index is 503. The lowest BCUT2D eigenvalue weighted by Crippen LogP contribution is -2.00. The van der Waals surface area contributed by atoms with Gasteiger partial charge in [-0.25, -0.2) is 0 Å². The summed E-state index contributed by atoms with van der Waals surface area (Å²) in [7, 11) is 0. The Balaban J connectivity index is 2.08. The highest BCUT2D eigenvalue weighted by Gasteiger charge is 2.18. The Hall–Kier alpha value is -1.31. The topological polar surface area (TPSA) is 26.0 Å². The molecule has 110 valence electrons. The molecule has 2 aromatic rings. The van der Waals surface area contributed by atoms with Crippen LogP contribution < -0.4 is 0 Å². The van der Waals surface area contributed by atoms with Gasteiger partial charge in [-0.15, -0.1) is 0 Å². The summed E-state index contributed by atoms with van der Waals surface area (Å²) in [6.45, 7) is 4.52. The Morgan fingerprint density at radius 2 is 1.70 bits per heavy atom. The van der Waals surface area contributed by atoms with Crippen molar-refractivity contribution >= 4 is 11.0 Å². The lowest BCUT2D eigenvalue weighted by Gasteiger charge is -2.14. The molecular formula is C18H27NO. The molecule has 1 unspecified atom stereocenters. The third-order valence-electron chi connectivity index (χ3n) is 4.10. The molecular weight excluding hydrogens is 246 g/mol. The van der Waals surface area contributed by atoms with E-state index in [0.717, 1.165) is 5.58 Å². The first-order chi connectivity index (χ1) is 9.86. The number of fused-ring (bicyclic) bond motifs is 1. The van der Waals surface area contributed by atoms with Crippen LogP contribution in [0.4, 0.5) is 0 Å². The molecule has 1 heterocycles. The van der Waals surface area contributed by atoms with Crippen molar-refractivity contribution in [2.24, 2.45) is 0 Å². The second-order valence-electron chi connectivity index (χ2n) is 5.75. The van der Waals surface area contributed by atoms with Gasteiger partial charge in [0.05, 0.1) is 5.69 Å². The van der Waals surface area contributed by atoms with Crippen LogP contribution in [-0.2, 0) is 0 Å². The van der Waals surface area contributed by atoms with Crippen LogP contribution in [0.15, 0.2) is 28.8 Å². The maximum absolute atomic E-state index is 5.49. The molecule has 1 aromatic carbocycles. The van der Waals surface area contributed by atoms with Gasteiger partial charge < -0.3 is 4.52 Å². The van der Waals surface area contributed by atoms with Gasteiger partial charge in [0.25, 0.3) is 0 Å². The van der Waals surface area contributed by atoms with Gasteiger partial charge in [-0.1, -0.05) is 69.7 Å². The van der Waals surface area contributed by atoms with Crippen molar-refractivity contribution in [1.82, 2.24) is 5.16 Å². The van der Waals surface area contributed by atoms with E-state index in [-0.39, 0.29) is 0 Å². The molecule has 2 nitrogen and oxygen atoms in total. The Labute approximate surface area is 122 Å². The molecule has 0 saturated heterocycles. The van der Waals surface area contributed by atoms with E-state index in [2.05, 4.69) is 31.1 Å². The smallest absolute Gasteiger partial charge is 0.167 e. The number of aromatic nitrogens is 1. The average Bonchev–Trinajstić information content (AvgIpc) is 2.91. The summed E-state index contributed by atoms with van der Waals surface area (Å²) in [5.41, 5.74) is 2.11. The lowest BCUT2D eigenvalue weighted by molar-refractivity contribution is 0.419. The summed E-state index contributed by atoms with van der Waals surface area (Å²) < 4.78 is 5.49. The number of unbranched alkanes of at least 4 members (excludes halogenated alkanes) is 4. The molecule has 0 fully saturated rings. The fourth-order valence-electron chi connectivity index (χ4n) is 2.89. The normalized spacial score (nSPS) is 12.9. The average molecular weight is 273 g/mol. The highest BCUT2D eigenvalue weighted by atomic mass is 16.5. The molecule has 1 aromatic heterocycles. The zero-order valence-electron chi connectivity index (χ0n) is 12.9. The van der Waals surface area contributed by atoms with Gasteiger partial charge in [-0.05, 0) is 25.0 Å². The maximum Gasteiger partial charge on any atom is 0.167 e. The van der Waals surface area contributed by atoms with Gasteiger partial charge in [-0.2, -0.15) is 0 Å². The third-order valence-corrected chi connectivity index (χ3v) is 4.10. The van der Waals surface area contributed by atoms with E-state index >= 15 is 0 Å². The Kier molecular flexibility index (Phi) is 6.10. The van der Waals surface area contributed by atoms with Crippen molar-refractivity contribution in [3.8, 4) is 0 Å². The van der Waals surface area contributed by atoms with Crippen molar-refractivity contribution in [1.29, 1.82) is 0 Å². The van der Waals surface area contributed by atoms with Gasteiger partial charge >= 0.3 is 0 Å². The summed E-state index contributed by atoms with van der Waals surface area (Å²) in [6, 6.07) is 8.25. The summed E-state index contributed by atoms with van der Waals surface area (Å²) >= 11 is 0. The highest BCUT2D eigenvalue weighted by Crippen LogP contribution is 2.32. The molecule has 2 heteroatoms. The van der Waals surface area contributed by atoms with Gasteiger partial charge in [0.1, 0.15) is 0 Å². The summed E-state index contributed by atoms with van der Waals surface area (Å²) in [5, 5.41) is 5.58. The van der Waals surface area contributed by atoms with E-state index in [9.17, 15) is 0 Å². The zero-order valence-corrected chi connectivity index (χ0v) is 12.9. The lowest BCUT2D eigenvalue weighted by atomic mass is 9.90. The standard InChI is InChI=1S/C18H27NO/c1-3-5-7-8-12-15(11-6-4-2)18-16-13-9-10-14-17(16)20-19-18/h9-10,13-15H,3-8,11-12H2,1-2H3. The number of para-hydroxylation sites is 1. The number of rotatable bonds is 9. The van der Waals surface area contributed by atoms with Crippen molar-refractivity contribution < 1.29 is 4.52 Å². The predicted octanol–water partition coefficient (Wildman–Crippen LogP) is 6.07. The molecule has 2 rings (SSSR count). The van der Waals surface area contributed by atoms with Crippen molar-refractivity contribution in [3.05, 3.63) is 30.0 Å². The first-order valence-corrected chi connectivity index (χ1v) is 8.21. The fraction of sp³-hybridized carbons (Fsp3) is 0.611. The quantitative estimate of drug-likeness (QED) is 0.518. The summed E-state index contributed by atoms with van der Waals surface area (Å²) in [5.74, 6) is 0.565. The van der Waals surface area contributed by atoms with Crippen LogP contribution in [-0.4, -0.2) is 5.16 Å². The van der Waals surface area contributed by atoms with Gasteiger partial charge in [-0.3, -0.25) is 0 Å². The number of hydrogen-bond acceptors (Lipinski definition) is 2. The van der Waals surface area contributed by atoms with Crippen LogP contribution in [0.1, 0.15) is 76.8 Å². The van der Waals surface area contributed by atoms with Crippen molar-refractivity contribution in [2.75, 3.05) is 0 Å². The molecule has 0 aliphatic rings.